The molecule has 1 rings (SSSR count). The van der Waals surface area contributed by atoms with Crippen LogP contribution in [-0.4, -0.2) is 12.5 Å². The third kappa shape index (κ3) is 1.77. The van der Waals surface area contributed by atoms with E-state index in [1.807, 2.05) is 25.1 Å². The number of hydrogen-bond donors (Lipinski definition) is 0. The van der Waals surface area contributed by atoms with E-state index in [9.17, 15) is 0 Å². The Hall–Kier alpha value is -0.890. The molecule has 0 amide bonds. The van der Waals surface area contributed by atoms with Crippen molar-refractivity contribution in [1.29, 1.82) is 0 Å². The Bertz CT molecular complexity index is 268. The van der Waals surface area contributed by atoms with Gasteiger partial charge in [-0.25, -0.2) is 0 Å². The van der Waals surface area contributed by atoms with Crippen molar-refractivity contribution in [3.63, 3.8) is 0 Å². The van der Waals surface area contributed by atoms with Crippen LogP contribution in [0.3, 0.4) is 0 Å². The highest BCUT2D eigenvalue weighted by Crippen LogP contribution is 2.17. The zero-order valence-electron chi connectivity index (χ0n) is 6.55. The molecule has 2 heteroatoms. The molecule has 0 N–H and O–H groups in total. The highest BCUT2D eigenvalue weighted by molar-refractivity contribution is 7.79. The summed E-state index contributed by atoms with van der Waals surface area (Å²) < 4.78 is 5.10. The van der Waals surface area contributed by atoms with Gasteiger partial charge < -0.3 is 4.74 Å². The smallest absolute Gasteiger partial charge is 0.122 e. The third-order valence-corrected chi connectivity index (χ3v) is 1.76. The summed E-state index contributed by atoms with van der Waals surface area (Å²) in [5.74, 6) is 0.861. The summed E-state index contributed by atoms with van der Waals surface area (Å²) in [5.41, 5.74) is 2.00. The minimum atomic E-state index is 0.861. The van der Waals surface area contributed by atoms with E-state index < -0.39 is 0 Å². The summed E-state index contributed by atoms with van der Waals surface area (Å²) in [4.78, 5) is 0. The monoisotopic (exact) mass is 165 g/mol. The first-order valence-corrected chi connectivity index (χ1v) is 3.71. The number of thiocarbonyl (C=S) groups is 1. The standard InChI is InChI=1S/C9H9OS/c1-7-3-4-8(6-11)5-9(7)10-2/h3-5H,1-2H3. The molecule has 1 aromatic rings. The fraction of sp³-hybridized carbons (Fsp3) is 0.222. The van der Waals surface area contributed by atoms with Crippen LogP contribution in [0.25, 0.3) is 0 Å². The lowest BCUT2D eigenvalue weighted by molar-refractivity contribution is 0.411. The van der Waals surface area contributed by atoms with E-state index in [2.05, 4.69) is 17.6 Å². The normalized spacial score (nSPS) is 9.27. The Labute approximate surface area is 72.0 Å². The molecule has 1 nitrogen and oxygen atoms in total. The highest BCUT2D eigenvalue weighted by Gasteiger charge is 1.97. The summed E-state index contributed by atoms with van der Waals surface area (Å²) in [6.07, 6.45) is 0. The third-order valence-electron chi connectivity index (χ3n) is 1.53. The molecule has 0 aliphatic carbocycles. The molecule has 0 atom stereocenters. The number of methoxy groups -OCH3 is 1. The van der Waals surface area contributed by atoms with Gasteiger partial charge in [-0.1, -0.05) is 24.4 Å². The molecule has 0 saturated carbocycles. The molecule has 1 radical (unpaired) electrons. The van der Waals surface area contributed by atoms with E-state index in [1.165, 1.54) is 0 Å². The fourth-order valence-electron chi connectivity index (χ4n) is 0.883. The Morgan fingerprint density at radius 3 is 2.73 bits per heavy atom. The Morgan fingerprint density at radius 2 is 2.18 bits per heavy atom. The zero-order chi connectivity index (χ0) is 8.27. The number of benzene rings is 1. The lowest BCUT2D eigenvalue weighted by atomic mass is 10.1. The number of rotatable bonds is 2. The maximum atomic E-state index is 5.10. The van der Waals surface area contributed by atoms with Crippen molar-refractivity contribution < 1.29 is 4.74 Å². The molecular weight excluding hydrogens is 156 g/mol. The molecule has 0 saturated heterocycles. The van der Waals surface area contributed by atoms with E-state index in [-0.39, 0.29) is 0 Å². The predicted molar refractivity (Wildman–Crippen MR) is 49.4 cm³/mol. The van der Waals surface area contributed by atoms with Gasteiger partial charge >= 0.3 is 0 Å². The Kier molecular flexibility index (Phi) is 2.60. The first-order chi connectivity index (χ1) is 5.27. The van der Waals surface area contributed by atoms with Crippen molar-refractivity contribution in [3.8, 4) is 5.75 Å². The van der Waals surface area contributed by atoms with E-state index in [4.69, 9.17) is 4.74 Å². The molecule has 0 heterocycles. The lowest BCUT2D eigenvalue weighted by Gasteiger charge is -2.03. The van der Waals surface area contributed by atoms with Gasteiger partial charge in [-0.3, -0.25) is 0 Å². The van der Waals surface area contributed by atoms with E-state index in [0.29, 0.717) is 0 Å². The van der Waals surface area contributed by atoms with Crippen LogP contribution in [0.4, 0.5) is 0 Å². The van der Waals surface area contributed by atoms with Crippen LogP contribution < -0.4 is 4.74 Å². The molecule has 1 aromatic carbocycles. The number of ether oxygens (including phenoxy) is 1. The second kappa shape index (κ2) is 3.49. The lowest BCUT2D eigenvalue weighted by Crippen LogP contribution is -1.88. The molecule has 57 valence electrons. The first kappa shape index (κ1) is 8.21. The summed E-state index contributed by atoms with van der Waals surface area (Å²) >= 11 is 4.66. The predicted octanol–water partition coefficient (Wildman–Crippen LogP) is 2.23. The van der Waals surface area contributed by atoms with Crippen molar-refractivity contribution in [2.24, 2.45) is 0 Å². The number of aryl methyl sites for hydroxylation is 1. The summed E-state index contributed by atoms with van der Waals surface area (Å²) in [5, 5.41) is 2.63. The Morgan fingerprint density at radius 1 is 1.45 bits per heavy atom. The first-order valence-electron chi connectivity index (χ1n) is 3.30. The molecule has 11 heavy (non-hydrogen) atoms. The van der Waals surface area contributed by atoms with Gasteiger partial charge in [0, 0.05) is 0 Å². The van der Waals surface area contributed by atoms with Crippen LogP contribution >= 0.6 is 12.2 Å². The topological polar surface area (TPSA) is 9.23 Å². The van der Waals surface area contributed by atoms with Crippen LogP contribution in [0, 0.1) is 6.92 Å². The molecule has 0 bridgehead atoms. The van der Waals surface area contributed by atoms with Crippen LogP contribution in [0.2, 0.25) is 0 Å². The quantitative estimate of drug-likeness (QED) is 0.621. The van der Waals surface area contributed by atoms with Crippen molar-refractivity contribution in [3.05, 3.63) is 29.3 Å². The molecule has 0 spiro atoms. The SMILES string of the molecule is COc1cc([C]=S)ccc1C. The van der Waals surface area contributed by atoms with Gasteiger partial charge in [-0.15, -0.1) is 0 Å². The summed E-state index contributed by atoms with van der Waals surface area (Å²) in [7, 11) is 1.65. The van der Waals surface area contributed by atoms with Gasteiger partial charge in [0.15, 0.2) is 0 Å². The highest BCUT2D eigenvalue weighted by atomic mass is 32.1. The summed E-state index contributed by atoms with van der Waals surface area (Å²) in [6.45, 7) is 1.99. The average Bonchev–Trinajstić information content (AvgIpc) is 2.05. The van der Waals surface area contributed by atoms with Crippen molar-refractivity contribution in [1.82, 2.24) is 0 Å². The molecule has 0 aliphatic rings. The van der Waals surface area contributed by atoms with Gasteiger partial charge in [0.2, 0.25) is 0 Å². The van der Waals surface area contributed by atoms with E-state index >= 15 is 0 Å². The minimum Gasteiger partial charge on any atom is -0.496 e. The average molecular weight is 165 g/mol. The fourth-order valence-corrected chi connectivity index (χ4v) is 1.01. The van der Waals surface area contributed by atoms with Crippen LogP contribution in [0.1, 0.15) is 11.1 Å². The van der Waals surface area contributed by atoms with Crippen molar-refractivity contribution >= 4 is 17.6 Å². The largest absolute Gasteiger partial charge is 0.496 e. The van der Waals surface area contributed by atoms with Crippen molar-refractivity contribution in [2.45, 2.75) is 6.92 Å². The van der Waals surface area contributed by atoms with Crippen LogP contribution in [0.5, 0.6) is 5.75 Å². The van der Waals surface area contributed by atoms with Gasteiger partial charge in [0.05, 0.1) is 12.5 Å². The van der Waals surface area contributed by atoms with Crippen LogP contribution in [0.15, 0.2) is 18.2 Å². The maximum Gasteiger partial charge on any atom is 0.122 e. The molecular formula is C9H9OS. The van der Waals surface area contributed by atoms with Gasteiger partial charge in [-0.05, 0) is 24.1 Å². The van der Waals surface area contributed by atoms with Crippen molar-refractivity contribution in [2.75, 3.05) is 7.11 Å². The molecule has 0 aromatic heterocycles. The second-order valence-corrected chi connectivity index (χ2v) is 2.49. The molecule has 0 fully saturated rings. The van der Waals surface area contributed by atoms with Gasteiger partial charge in [0.1, 0.15) is 5.75 Å². The Balaban J connectivity index is 3.12. The summed E-state index contributed by atoms with van der Waals surface area (Å²) in [6, 6.07) is 5.76. The second-order valence-electron chi connectivity index (χ2n) is 2.29. The zero-order valence-corrected chi connectivity index (χ0v) is 7.37. The van der Waals surface area contributed by atoms with Gasteiger partial charge in [-0.2, -0.15) is 0 Å². The van der Waals surface area contributed by atoms with Gasteiger partial charge in [0.25, 0.3) is 0 Å². The molecule has 0 unspecified atom stereocenters. The minimum absolute atomic E-state index is 0.861. The van der Waals surface area contributed by atoms with E-state index in [1.54, 1.807) is 7.11 Å². The van der Waals surface area contributed by atoms with E-state index in [0.717, 1.165) is 16.9 Å². The number of hydrogen-bond acceptors (Lipinski definition) is 2. The van der Waals surface area contributed by atoms with Crippen LogP contribution in [-0.2, 0) is 0 Å². The molecule has 0 aliphatic heterocycles. The maximum absolute atomic E-state index is 5.10.